The molecule has 0 spiro atoms. The zero-order valence-electron chi connectivity index (χ0n) is 8.58. The highest BCUT2D eigenvalue weighted by Crippen LogP contribution is 2.32. The van der Waals surface area contributed by atoms with Crippen LogP contribution in [0.15, 0.2) is 30.3 Å². The summed E-state index contributed by atoms with van der Waals surface area (Å²) in [6.45, 7) is 1.67. The smallest absolute Gasteiger partial charge is 0.132 e. The molecule has 1 nitrogen and oxygen atoms in total. The predicted molar refractivity (Wildman–Crippen MR) is 64.5 cm³/mol. The fourth-order valence-corrected chi connectivity index (χ4v) is 2.58. The van der Waals surface area contributed by atoms with Crippen LogP contribution in [0.3, 0.4) is 0 Å². The first-order chi connectivity index (χ1) is 7.59. The van der Waals surface area contributed by atoms with Crippen molar-refractivity contribution in [3.05, 3.63) is 56.5 Å². The van der Waals surface area contributed by atoms with Gasteiger partial charge in [0.25, 0.3) is 0 Å². The highest BCUT2D eigenvalue weighted by Gasteiger charge is 2.17. The van der Waals surface area contributed by atoms with E-state index in [0.29, 0.717) is 20.3 Å². The number of benzene rings is 1. The van der Waals surface area contributed by atoms with Crippen molar-refractivity contribution in [2.75, 3.05) is 0 Å². The van der Waals surface area contributed by atoms with Crippen LogP contribution in [0.2, 0.25) is 4.34 Å². The number of halogens is 2. The lowest BCUT2D eigenvalue weighted by atomic mass is 10.0. The van der Waals surface area contributed by atoms with Gasteiger partial charge in [-0.1, -0.05) is 29.8 Å². The summed E-state index contributed by atoms with van der Waals surface area (Å²) in [5.74, 6) is -0.362. The van der Waals surface area contributed by atoms with Crippen LogP contribution in [0.5, 0.6) is 0 Å². The van der Waals surface area contributed by atoms with Crippen LogP contribution >= 0.6 is 22.9 Å². The number of aliphatic hydroxyl groups excluding tert-OH is 1. The van der Waals surface area contributed by atoms with Gasteiger partial charge in [-0.15, -0.1) is 11.3 Å². The maximum absolute atomic E-state index is 13.8. The van der Waals surface area contributed by atoms with E-state index >= 15 is 0 Å². The summed E-state index contributed by atoms with van der Waals surface area (Å²) in [5.41, 5.74) is 0.817. The standard InChI is InChI=1S/C12H10ClFOS/c1-7-3-2-4-8(11(7)14)12(15)9-5-6-10(13)16-9/h2-6,12,15H,1H3. The highest BCUT2D eigenvalue weighted by molar-refractivity contribution is 7.16. The van der Waals surface area contributed by atoms with Gasteiger partial charge in [0.05, 0.1) is 4.34 Å². The number of hydrogen-bond acceptors (Lipinski definition) is 2. The molecule has 0 aliphatic heterocycles. The lowest BCUT2D eigenvalue weighted by Gasteiger charge is -2.11. The van der Waals surface area contributed by atoms with Crippen molar-refractivity contribution in [3.8, 4) is 0 Å². The van der Waals surface area contributed by atoms with Gasteiger partial charge in [0.2, 0.25) is 0 Å². The average molecular weight is 257 g/mol. The third kappa shape index (κ3) is 2.12. The molecule has 1 atom stereocenters. The first-order valence-electron chi connectivity index (χ1n) is 4.78. The van der Waals surface area contributed by atoms with Crippen molar-refractivity contribution in [1.82, 2.24) is 0 Å². The van der Waals surface area contributed by atoms with Gasteiger partial charge in [0, 0.05) is 10.4 Å². The minimum Gasteiger partial charge on any atom is -0.383 e. The van der Waals surface area contributed by atoms with E-state index in [1.165, 1.54) is 11.3 Å². The largest absolute Gasteiger partial charge is 0.383 e. The molecular formula is C12H10ClFOS. The molecule has 0 aliphatic rings. The zero-order valence-corrected chi connectivity index (χ0v) is 10.1. The fourth-order valence-electron chi connectivity index (χ4n) is 1.51. The van der Waals surface area contributed by atoms with E-state index in [1.54, 1.807) is 37.3 Å². The Balaban J connectivity index is 2.41. The normalized spacial score (nSPS) is 12.8. The van der Waals surface area contributed by atoms with Gasteiger partial charge in [0.15, 0.2) is 0 Å². The Morgan fingerprint density at radius 1 is 1.31 bits per heavy atom. The van der Waals surface area contributed by atoms with Gasteiger partial charge in [-0.25, -0.2) is 4.39 Å². The summed E-state index contributed by atoms with van der Waals surface area (Å²) in [7, 11) is 0. The maximum Gasteiger partial charge on any atom is 0.132 e. The Morgan fingerprint density at radius 2 is 2.06 bits per heavy atom. The van der Waals surface area contributed by atoms with Crippen molar-refractivity contribution in [3.63, 3.8) is 0 Å². The molecule has 0 saturated heterocycles. The molecule has 2 rings (SSSR count). The molecule has 1 N–H and O–H groups in total. The molecule has 1 aromatic heterocycles. The molecule has 0 fully saturated rings. The van der Waals surface area contributed by atoms with Crippen molar-refractivity contribution in [2.45, 2.75) is 13.0 Å². The number of aryl methyl sites for hydroxylation is 1. The molecule has 0 aliphatic carbocycles. The maximum atomic E-state index is 13.8. The minimum atomic E-state index is -0.947. The number of hydrogen-bond donors (Lipinski definition) is 1. The van der Waals surface area contributed by atoms with E-state index in [-0.39, 0.29) is 5.82 Å². The molecule has 0 saturated carbocycles. The molecule has 1 aromatic carbocycles. The molecular weight excluding hydrogens is 247 g/mol. The molecule has 1 unspecified atom stereocenters. The fraction of sp³-hybridized carbons (Fsp3) is 0.167. The van der Waals surface area contributed by atoms with Crippen LogP contribution in [0.1, 0.15) is 22.1 Å². The second kappa shape index (κ2) is 4.53. The van der Waals surface area contributed by atoms with Gasteiger partial charge in [-0.3, -0.25) is 0 Å². The number of thiophene rings is 1. The molecule has 84 valence electrons. The van der Waals surface area contributed by atoms with Crippen molar-refractivity contribution in [1.29, 1.82) is 0 Å². The van der Waals surface area contributed by atoms with Gasteiger partial charge in [-0.2, -0.15) is 0 Å². The molecule has 1 heterocycles. The highest BCUT2D eigenvalue weighted by atomic mass is 35.5. The van der Waals surface area contributed by atoms with E-state index in [0.717, 1.165) is 0 Å². The molecule has 16 heavy (non-hydrogen) atoms. The Morgan fingerprint density at radius 3 is 2.69 bits per heavy atom. The Hall–Kier alpha value is -0.900. The average Bonchev–Trinajstić information content (AvgIpc) is 2.68. The van der Waals surface area contributed by atoms with Gasteiger partial charge < -0.3 is 5.11 Å². The lowest BCUT2D eigenvalue weighted by Crippen LogP contribution is -2.01. The lowest BCUT2D eigenvalue weighted by molar-refractivity contribution is 0.218. The Kier molecular flexibility index (Phi) is 3.28. The summed E-state index contributed by atoms with van der Waals surface area (Å²) in [5, 5.41) is 10.0. The summed E-state index contributed by atoms with van der Waals surface area (Å²) in [6, 6.07) is 8.39. The third-order valence-electron chi connectivity index (χ3n) is 2.38. The summed E-state index contributed by atoms with van der Waals surface area (Å²) >= 11 is 7.03. The summed E-state index contributed by atoms with van der Waals surface area (Å²) in [6.07, 6.45) is -0.947. The van der Waals surface area contributed by atoms with E-state index in [9.17, 15) is 9.50 Å². The van der Waals surface area contributed by atoms with Gasteiger partial charge >= 0.3 is 0 Å². The first kappa shape index (κ1) is 11.6. The quantitative estimate of drug-likeness (QED) is 0.863. The van der Waals surface area contributed by atoms with E-state index in [4.69, 9.17) is 11.6 Å². The summed E-state index contributed by atoms with van der Waals surface area (Å²) < 4.78 is 14.3. The second-order valence-corrected chi connectivity index (χ2v) is 5.27. The van der Waals surface area contributed by atoms with Crippen molar-refractivity contribution < 1.29 is 9.50 Å². The van der Waals surface area contributed by atoms with Crippen molar-refractivity contribution >= 4 is 22.9 Å². The predicted octanol–water partition coefficient (Wildman–Crippen LogP) is 3.93. The number of rotatable bonds is 2. The van der Waals surface area contributed by atoms with Gasteiger partial charge in [0.1, 0.15) is 11.9 Å². The molecule has 0 bridgehead atoms. The van der Waals surface area contributed by atoms with Crippen LogP contribution in [-0.4, -0.2) is 5.11 Å². The van der Waals surface area contributed by atoms with E-state index < -0.39 is 6.10 Å². The minimum absolute atomic E-state index is 0.290. The molecule has 0 amide bonds. The van der Waals surface area contributed by atoms with Gasteiger partial charge in [-0.05, 0) is 24.6 Å². The topological polar surface area (TPSA) is 20.2 Å². The van der Waals surface area contributed by atoms with Crippen LogP contribution < -0.4 is 0 Å². The monoisotopic (exact) mass is 256 g/mol. The first-order valence-corrected chi connectivity index (χ1v) is 5.97. The Labute approximate surface area is 102 Å². The Bertz CT molecular complexity index is 509. The SMILES string of the molecule is Cc1cccc(C(O)c2ccc(Cl)s2)c1F. The number of aliphatic hydroxyl groups is 1. The second-order valence-electron chi connectivity index (χ2n) is 3.52. The van der Waals surface area contributed by atoms with E-state index in [2.05, 4.69) is 0 Å². The van der Waals surface area contributed by atoms with Crippen LogP contribution in [0.25, 0.3) is 0 Å². The van der Waals surface area contributed by atoms with Crippen molar-refractivity contribution in [2.24, 2.45) is 0 Å². The zero-order chi connectivity index (χ0) is 11.7. The summed E-state index contributed by atoms with van der Waals surface area (Å²) in [4.78, 5) is 0.648. The van der Waals surface area contributed by atoms with Crippen LogP contribution in [0, 0.1) is 12.7 Å². The third-order valence-corrected chi connectivity index (χ3v) is 3.66. The molecule has 4 heteroatoms. The van der Waals surface area contributed by atoms with Crippen LogP contribution in [0.4, 0.5) is 4.39 Å². The van der Waals surface area contributed by atoms with E-state index in [1.807, 2.05) is 0 Å². The molecule has 0 radical (unpaired) electrons. The molecule has 2 aromatic rings. The van der Waals surface area contributed by atoms with Crippen LogP contribution in [-0.2, 0) is 0 Å².